The van der Waals surface area contributed by atoms with Crippen LogP contribution >= 0.6 is 11.6 Å². The SMILES string of the molecule is Cn1cc(-c2cc(Cl)ccc2F)c(CO)n1. The van der Waals surface area contributed by atoms with Crippen molar-refractivity contribution in [2.24, 2.45) is 7.05 Å². The highest BCUT2D eigenvalue weighted by molar-refractivity contribution is 6.30. The smallest absolute Gasteiger partial charge is 0.131 e. The molecule has 16 heavy (non-hydrogen) atoms. The molecule has 1 heterocycles. The van der Waals surface area contributed by atoms with Crippen LogP contribution in [0, 0.1) is 5.82 Å². The Balaban J connectivity index is 2.61. The molecule has 0 amide bonds. The molecule has 0 aliphatic heterocycles. The van der Waals surface area contributed by atoms with E-state index in [2.05, 4.69) is 5.10 Å². The lowest BCUT2D eigenvalue weighted by Crippen LogP contribution is -1.91. The highest BCUT2D eigenvalue weighted by Crippen LogP contribution is 2.28. The number of nitrogens with zero attached hydrogens (tertiary/aromatic N) is 2. The van der Waals surface area contributed by atoms with Crippen LogP contribution in [0.5, 0.6) is 0 Å². The number of rotatable bonds is 2. The molecule has 0 saturated heterocycles. The Bertz CT molecular complexity index is 525. The van der Waals surface area contributed by atoms with E-state index in [9.17, 15) is 4.39 Å². The van der Waals surface area contributed by atoms with E-state index >= 15 is 0 Å². The van der Waals surface area contributed by atoms with Crippen LogP contribution < -0.4 is 0 Å². The maximum atomic E-state index is 13.6. The largest absolute Gasteiger partial charge is 0.390 e. The van der Waals surface area contributed by atoms with Gasteiger partial charge in [-0.2, -0.15) is 5.10 Å². The van der Waals surface area contributed by atoms with Gasteiger partial charge < -0.3 is 5.11 Å². The van der Waals surface area contributed by atoms with Gasteiger partial charge in [0.2, 0.25) is 0 Å². The van der Waals surface area contributed by atoms with Crippen LogP contribution in [0.25, 0.3) is 11.1 Å². The average Bonchev–Trinajstić information content (AvgIpc) is 2.63. The van der Waals surface area contributed by atoms with Crippen molar-refractivity contribution in [2.75, 3.05) is 0 Å². The van der Waals surface area contributed by atoms with Crippen LogP contribution in [-0.2, 0) is 13.7 Å². The second kappa shape index (κ2) is 4.23. The fraction of sp³-hybridized carbons (Fsp3) is 0.182. The van der Waals surface area contributed by atoms with E-state index in [0.29, 0.717) is 21.8 Å². The number of aryl methyl sites for hydroxylation is 1. The molecule has 0 fully saturated rings. The molecule has 84 valence electrons. The van der Waals surface area contributed by atoms with Gasteiger partial charge in [-0.1, -0.05) is 11.6 Å². The minimum atomic E-state index is -0.382. The molecule has 0 spiro atoms. The number of hydrogen-bond acceptors (Lipinski definition) is 2. The van der Waals surface area contributed by atoms with Crippen LogP contribution in [0.15, 0.2) is 24.4 Å². The molecule has 5 heteroatoms. The summed E-state index contributed by atoms with van der Waals surface area (Å²) in [5, 5.41) is 13.6. The summed E-state index contributed by atoms with van der Waals surface area (Å²) in [7, 11) is 1.71. The predicted molar refractivity (Wildman–Crippen MR) is 59.5 cm³/mol. The zero-order valence-corrected chi connectivity index (χ0v) is 9.37. The maximum absolute atomic E-state index is 13.6. The zero-order valence-electron chi connectivity index (χ0n) is 8.61. The number of aliphatic hydroxyl groups is 1. The Labute approximate surface area is 97.1 Å². The van der Waals surface area contributed by atoms with E-state index in [1.807, 2.05) is 0 Å². The quantitative estimate of drug-likeness (QED) is 0.875. The van der Waals surface area contributed by atoms with E-state index in [1.165, 1.54) is 22.9 Å². The topological polar surface area (TPSA) is 38.0 Å². The van der Waals surface area contributed by atoms with Gasteiger partial charge in [-0.3, -0.25) is 4.68 Å². The lowest BCUT2D eigenvalue weighted by molar-refractivity contribution is 0.276. The van der Waals surface area contributed by atoms with Gasteiger partial charge in [-0.15, -0.1) is 0 Å². The van der Waals surface area contributed by atoms with Crippen LogP contribution in [-0.4, -0.2) is 14.9 Å². The molecule has 0 aliphatic carbocycles. The van der Waals surface area contributed by atoms with Crippen LogP contribution in [0.3, 0.4) is 0 Å². The van der Waals surface area contributed by atoms with Crippen molar-refractivity contribution in [1.29, 1.82) is 0 Å². The van der Waals surface area contributed by atoms with E-state index in [0.717, 1.165) is 0 Å². The van der Waals surface area contributed by atoms with E-state index in [-0.39, 0.29) is 12.4 Å². The molecule has 2 aromatic rings. The lowest BCUT2D eigenvalue weighted by atomic mass is 10.1. The standard InChI is InChI=1S/C11H10ClFN2O/c1-15-5-9(11(6-16)14-15)8-4-7(12)2-3-10(8)13/h2-5,16H,6H2,1H3. The number of benzene rings is 1. The Hall–Kier alpha value is -1.39. The molecule has 0 radical (unpaired) electrons. The van der Waals surface area contributed by atoms with Gasteiger partial charge in [0.15, 0.2) is 0 Å². The summed E-state index contributed by atoms with van der Waals surface area (Å²) in [5.74, 6) is -0.382. The first-order chi connectivity index (χ1) is 7.61. The minimum absolute atomic E-state index is 0.234. The average molecular weight is 241 g/mol. The Morgan fingerprint density at radius 3 is 2.88 bits per heavy atom. The van der Waals surface area contributed by atoms with E-state index in [1.54, 1.807) is 13.2 Å². The van der Waals surface area contributed by atoms with Gasteiger partial charge in [0.1, 0.15) is 5.82 Å². The van der Waals surface area contributed by atoms with Crippen molar-refractivity contribution in [3.63, 3.8) is 0 Å². The molecule has 2 rings (SSSR count). The monoisotopic (exact) mass is 240 g/mol. The third kappa shape index (κ3) is 1.94. The van der Waals surface area contributed by atoms with E-state index < -0.39 is 0 Å². The molecule has 1 aromatic heterocycles. The molecule has 1 aromatic carbocycles. The second-order valence-corrected chi connectivity index (χ2v) is 3.88. The molecule has 3 nitrogen and oxygen atoms in total. The predicted octanol–water partition coefficient (Wildman–Crippen LogP) is 2.37. The molecule has 0 unspecified atom stereocenters. The molecular formula is C11H10ClFN2O. The summed E-state index contributed by atoms with van der Waals surface area (Å²) in [4.78, 5) is 0. The molecule has 0 saturated carbocycles. The Morgan fingerprint density at radius 1 is 1.44 bits per heavy atom. The van der Waals surface area contributed by atoms with Crippen LogP contribution in [0.1, 0.15) is 5.69 Å². The van der Waals surface area contributed by atoms with Crippen LogP contribution in [0.4, 0.5) is 4.39 Å². The summed E-state index contributed by atoms with van der Waals surface area (Å²) in [6.07, 6.45) is 1.65. The Morgan fingerprint density at radius 2 is 2.19 bits per heavy atom. The van der Waals surface area contributed by atoms with Crippen molar-refractivity contribution in [1.82, 2.24) is 9.78 Å². The molecular weight excluding hydrogens is 231 g/mol. The fourth-order valence-electron chi connectivity index (χ4n) is 1.58. The van der Waals surface area contributed by atoms with Gasteiger partial charge >= 0.3 is 0 Å². The zero-order chi connectivity index (χ0) is 11.7. The third-order valence-electron chi connectivity index (χ3n) is 2.27. The molecule has 1 N–H and O–H groups in total. The van der Waals surface area contributed by atoms with Gasteiger partial charge in [0.25, 0.3) is 0 Å². The second-order valence-electron chi connectivity index (χ2n) is 3.45. The number of halogens is 2. The first kappa shape index (κ1) is 11.1. The van der Waals surface area contributed by atoms with Gasteiger partial charge in [-0.25, -0.2) is 4.39 Å². The third-order valence-corrected chi connectivity index (χ3v) is 2.51. The molecule has 0 atom stereocenters. The van der Waals surface area contributed by atoms with Gasteiger partial charge in [0, 0.05) is 29.4 Å². The van der Waals surface area contributed by atoms with Gasteiger partial charge in [-0.05, 0) is 18.2 Å². The Kier molecular flexibility index (Phi) is 2.94. The summed E-state index contributed by atoms with van der Waals surface area (Å²) < 4.78 is 15.1. The van der Waals surface area contributed by atoms with Crippen molar-refractivity contribution in [2.45, 2.75) is 6.61 Å². The number of aliphatic hydroxyl groups excluding tert-OH is 1. The number of aromatic nitrogens is 2. The van der Waals surface area contributed by atoms with E-state index in [4.69, 9.17) is 16.7 Å². The van der Waals surface area contributed by atoms with Gasteiger partial charge in [0.05, 0.1) is 12.3 Å². The highest BCUT2D eigenvalue weighted by Gasteiger charge is 2.13. The number of hydrogen-bond donors (Lipinski definition) is 1. The van der Waals surface area contributed by atoms with Crippen molar-refractivity contribution in [3.05, 3.63) is 40.9 Å². The molecule has 0 bridgehead atoms. The highest BCUT2D eigenvalue weighted by atomic mass is 35.5. The first-order valence-corrected chi connectivity index (χ1v) is 5.08. The summed E-state index contributed by atoms with van der Waals surface area (Å²) in [6, 6.07) is 4.30. The maximum Gasteiger partial charge on any atom is 0.131 e. The summed E-state index contributed by atoms with van der Waals surface area (Å²) >= 11 is 5.81. The fourth-order valence-corrected chi connectivity index (χ4v) is 1.75. The van der Waals surface area contributed by atoms with Crippen molar-refractivity contribution >= 4 is 11.6 Å². The van der Waals surface area contributed by atoms with Crippen LogP contribution in [0.2, 0.25) is 5.02 Å². The summed E-state index contributed by atoms with van der Waals surface area (Å²) in [5.41, 5.74) is 1.35. The molecule has 0 aliphatic rings. The van der Waals surface area contributed by atoms with Crippen molar-refractivity contribution < 1.29 is 9.50 Å². The lowest BCUT2D eigenvalue weighted by Gasteiger charge is -2.02. The first-order valence-electron chi connectivity index (χ1n) is 4.70. The summed E-state index contributed by atoms with van der Waals surface area (Å²) in [6.45, 7) is -0.234. The van der Waals surface area contributed by atoms with Crippen molar-refractivity contribution in [3.8, 4) is 11.1 Å². The normalized spacial score (nSPS) is 10.8. The minimum Gasteiger partial charge on any atom is -0.390 e.